The average Bonchev–Trinajstić information content (AvgIpc) is 2.98. The molecule has 2 rings (SSSR count). The first kappa shape index (κ1) is 15.8. The van der Waals surface area contributed by atoms with Gasteiger partial charge in [-0.3, -0.25) is 4.79 Å². The van der Waals surface area contributed by atoms with Crippen LogP contribution in [0.3, 0.4) is 0 Å². The van der Waals surface area contributed by atoms with E-state index in [4.69, 9.17) is 4.74 Å². The molecule has 2 N–H and O–H groups in total. The molecule has 2 atom stereocenters. The van der Waals surface area contributed by atoms with Gasteiger partial charge in [0.05, 0.1) is 6.10 Å². The van der Waals surface area contributed by atoms with Crippen molar-refractivity contribution in [2.45, 2.75) is 45.6 Å². The molecular weight excluding hydrogens is 264 g/mol. The third-order valence-electron chi connectivity index (χ3n) is 3.97. The highest BCUT2D eigenvalue weighted by atomic mass is 16.5. The number of rotatable bonds is 7. The van der Waals surface area contributed by atoms with Crippen LogP contribution < -0.4 is 15.4 Å². The van der Waals surface area contributed by atoms with E-state index < -0.39 is 0 Å². The Hall–Kier alpha value is -1.55. The van der Waals surface area contributed by atoms with Crippen LogP contribution in [0.4, 0.5) is 5.69 Å². The molecule has 1 aromatic rings. The van der Waals surface area contributed by atoms with Gasteiger partial charge in [-0.1, -0.05) is 13.0 Å². The zero-order chi connectivity index (χ0) is 15.1. The van der Waals surface area contributed by atoms with Crippen molar-refractivity contribution < 1.29 is 9.53 Å². The summed E-state index contributed by atoms with van der Waals surface area (Å²) >= 11 is 0. The van der Waals surface area contributed by atoms with Gasteiger partial charge in [-0.15, -0.1) is 0 Å². The SMILES string of the molecule is CCC(C)Oc1cccc(NC(=O)CCC2CCNC2)c1. The number of nitrogens with one attached hydrogen (secondary N) is 2. The Labute approximate surface area is 127 Å². The molecular formula is C17H26N2O2. The maximum absolute atomic E-state index is 12.0. The minimum absolute atomic E-state index is 0.0857. The van der Waals surface area contributed by atoms with Crippen molar-refractivity contribution in [3.05, 3.63) is 24.3 Å². The predicted octanol–water partition coefficient (Wildman–Crippen LogP) is 3.19. The van der Waals surface area contributed by atoms with Crippen LogP contribution in [0.15, 0.2) is 24.3 Å². The smallest absolute Gasteiger partial charge is 0.224 e. The van der Waals surface area contributed by atoms with E-state index in [0.717, 1.165) is 37.4 Å². The zero-order valence-electron chi connectivity index (χ0n) is 13.0. The second kappa shape index (κ2) is 8.03. The minimum Gasteiger partial charge on any atom is -0.491 e. The summed E-state index contributed by atoms with van der Waals surface area (Å²) in [6.07, 6.45) is 3.88. The van der Waals surface area contributed by atoms with Crippen LogP contribution in [-0.2, 0) is 4.79 Å². The molecule has 116 valence electrons. The summed E-state index contributed by atoms with van der Waals surface area (Å²) in [7, 11) is 0. The quantitative estimate of drug-likeness (QED) is 0.811. The molecule has 1 aliphatic heterocycles. The van der Waals surface area contributed by atoms with Gasteiger partial charge >= 0.3 is 0 Å². The molecule has 0 aliphatic carbocycles. The number of ether oxygens (including phenoxy) is 1. The van der Waals surface area contributed by atoms with Gasteiger partial charge in [0.15, 0.2) is 0 Å². The van der Waals surface area contributed by atoms with Crippen LogP contribution in [0.1, 0.15) is 39.5 Å². The van der Waals surface area contributed by atoms with Crippen LogP contribution in [0.2, 0.25) is 0 Å². The Kier molecular flexibility index (Phi) is 6.05. The standard InChI is InChI=1S/C17H26N2O2/c1-3-13(2)21-16-6-4-5-15(11-16)19-17(20)8-7-14-9-10-18-12-14/h4-6,11,13-14,18H,3,7-10,12H2,1-2H3,(H,19,20). The van der Waals surface area contributed by atoms with Gasteiger partial charge in [0.1, 0.15) is 5.75 Å². The summed E-state index contributed by atoms with van der Waals surface area (Å²) < 4.78 is 5.77. The third kappa shape index (κ3) is 5.38. The molecule has 4 nitrogen and oxygen atoms in total. The lowest BCUT2D eigenvalue weighted by Crippen LogP contribution is -2.15. The molecule has 21 heavy (non-hydrogen) atoms. The molecule has 0 aromatic heterocycles. The van der Waals surface area contributed by atoms with E-state index in [9.17, 15) is 4.79 Å². The van der Waals surface area contributed by atoms with Gasteiger partial charge in [-0.2, -0.15) is 0 Å². The Morgan fingerprint density at radius 2 is 2.38 bits per heavy atom. The van der Waals surface area contributed by atoms with E-state index in [2.05, 4.69) is 17.6 Å². The van der Waals surface area contributed by atoms with Crippen LogP contribution in [0, 0.1) is 5.92 Å². The first-order chi connectivity index (χ1) is 10.2. The summed E-state index contributed by atoms with van der Waals surface area (Å²) in [6.45, 7) is 6.27. The molecule has 0 radical (unpaired) electrons. The molecule has 1 saturated heterocycles. The van der Waals surface area contributed by atoms with Gasteiger partial charge in [0.25, 0.3) is 0 Å². The molecule has 0 bridgehead atoms. The number of hydrogen-bond acceptors (Lipinski definition) is 3. The highest BCUT2D eigenvalue weighted by Crippen LogP contribution is 2.20. The summed E-state index contributed by atoms with van der Waals surface area (Å²) in [4.78, 5) is 12.0. The minimum atomic E-state index is 0.0857. The molecule has 1 fully saturated rings. The average molecular weight is 290 g/mol. The van der Waals surface area contributed by atoms with Crippen LogP contribution >= 0.6 is 0 Å². The molecule has 1 heterocycles. The second-order valence-electron chi connectivity index (χ2n) is 5.81. The monoisotopic (exact) mass is 290 g/mol. The van der Waals surface area contributed by atoms with E-state index in [1.165, 1.54) is 6.42 Å². The largest absolute Gasteiger partial charge is 0.491 e. The van der Waals surface area contributed by atoms with Gasteiger partial charge < -0.3 is 15.4 Å². The Bertz CT molecular complexity index is 456. The summed E-state index contributed by atoms with van der Waals surface area (Å²) in [6, 6.07) is 7.62. The lowest BCUT2D eigenvalue weighted by atomic mass is 10.0. The summed E-state index contributed by atoms with van der Waals surface area (Å²) in [5.74, 6) is 1.54. The van der Waals surface area contributed by atoms with Crippen LogP contribution in [0.25, 0.3) is 0 Å². The highest BCUT2D eigenvalue weighted by Gasteiger charge is 2.15. The Morgan fingerprint density at radius 3 is 3.10 bits per heavy atom. The number of amides is 1. The van der Waals surface area contributed by atoms with Crippen molar-refractivity contribution in [2.24, 2.45) is 5.92 Å². The second-order valence-corrected chi connectivity index (χ2v) is 5.81. The number of hydrogen-bond donors (Lipinski definition) is 2. The Morgan fingerprint density at radius 1 is 1.52 bits per heavy atom. The van der Waals surface area contributed by atoms with E-state index >= 15 is 0 Å². The molecule has 1 aliphatic rings. The first-order valence-corrected chi connectivity index (χ1v) is 7.94. The molecule has 4 heteroatoms. The number of anilines is 1. The maximum Gasteiger partial charge on any atom is 0.224 e. The fourth-order valence-corrected chi connectivity index (χ4v) is 2.48. The topological polar surface area (TPSA) is 50.4 Å². The van der Waals surface area contributed by atoms with E-state index in [1.807, 2.05) is 31.2 Å². The third-order valence-corrected chi connectivity index (χ3v) is 3.97. The maximum atomic E-state index is 12.0. The van der Waals surface area contributed by atoms with Gasteiger partial charge in [-0.05, 0) is 57.3 Å². The van der Waals surface area contributed by atoms with Crippen molar-refractivity contribution in [1.82, 2.24) is 5.32 Å². The van der Waals surface area contributed by atoms with Crippen molar-refractivity contribution in [2.75, 3.05) is 18.4 Å². The molecule has 0 spiro atoms. The number of carbonyl (C=O) groups excluding carboxylic acids is 1. The normalized spacial score (nSPS) is 19.2. The summed E-state index contributed by atoms with van der Waals surface area (Å²) in [5.41, 5.74) is 0.811. The van der Waals surface area contributed by atoms with Crippen molar-refractivity contribution in [3.63, 3.8) is 0 Å². The van der Waals surface area contributed by atoms with E-state index in [1.54, 1.807) is 0 Å². The van der Waals surface area contributed by atoms with Gasteiger partial charge in [0.2, 0.25) is 5.91 Å². The first-order valence-electron chi connectivity index (χ1n) is 7.94. The number of benzene rings is 1. The fourth-order valence-electron chi connectivity index (χ4n) is 2.48. The Balaban J connectivity index is 1.80. The van der Waals surface area contributed by atoms with Gasteiger partial charge in [-0.25, -0.2) is 0 Å². The highest BCUT2D eigenvalue weighted by molar-refractivity contribution is 5.90. The van der Waals surface area contributed by atoms with Crippen LogP contribution in [0.5, 0.6) is 5.75 Å². The fraction of sp³-hybridized carbons (Fsp3) is 0.588. The van der Waals surface area contributed by atoms with Crippen molar-refractivity contribution in [3.8, 4) is 5.75 Å². The zero-order valence-corrected chi connectivity index (χ0v) is 13.0. The predicted molar refractivity (Wildman–Crippen MR) is 85.7 cm³/mol. The van der Waals surface area contributed by atoms with Crippen molar-refractivity contribution in [1.29, 1.82) is 0 Å². The number of carbonyl (C=O) groups is 1. The molecule has 1 amide bonds. The molecule has 0 saturated carbocycles. The van der Waals surface area contributed by atoms with E-state index in [-0.39, 0.29) is 12.0 Å². The van der Waals surface area contributed by atoms with Crippen molar-refractivity contribution >= 4 is 11.6 Å². The van der Waals surface area contributed by atoms with Crippen LogP contribution in [-0.4, -0.2) is 25.1 Å². The van der Waals surface area contributed by atoms with Gasteiger partial charge in [0, 0.05) is 18.2 Å². The lowest BCUT2D eigenvalue weighted by Gasteiger charge is -2.14. The molecule has 2 unspecified atom stereocenters. The lowest BCUT2D eigenvalue weighted by molar-refractivity contribution is -0.116. The van der Waals surface area contributed by atoms with E-state index in [0.29, 0.717) is 12.3 Å². The molecule has 1 aromatic carbocycles. The summed E-state index contributed by atoms with van der Waals surface area (Å²) in [5, 5.41) is 6.29.